The maximum absolute atomic E-state index is 12.6. The molecule has 2 amide bonds. The van der Waals surface area contributed by atoms with Gasteiger partial charge in [0.25, 0.3) is 11.8 Å². The molecule has 0 aliphatic carbocycles. The molecule has 0 spiro atoms. The highest BCUT2D eigenvalue weighted by Crippen LogP contribution is 2.28. The number of nitrogens with zero attached hydrogens (tertiary/aromatic N) is 1. The molecule has 1 aromatic carbocycles. The Kier molecular flexibility index (Phi) is 4.93. The molecule has 2 fully saturated rings. The van der Waals surface area contributed by atoms with Crippen molar-refractivity contribution >= 4 is 11.8 Å². The molecule has 0 saturated carbocycles. The van der Waals surface area contributed by atoms with Gasteiger partial charge in [-0.25, -0.2) is 0 Å². The van der Waals surface area contributed by atoms with Crippen LogP contribution in [0.2, 0.25) is 0 Å². The van der Waals surface area contributed by atoms with Crippen LogP contribution in [-0.4, -0.2) is 48.3 Å². The van der Waals surface area contributed by atoms with Crippen LogP contribution < -0.4 is 5.32 Å². The standard InChI is InChI=1S/C17H22N2O4/c1-2-3-9-18-16(20)14-15-17(21)19(11-13(22-14)23-15)10-12-7-5-4-6-8-12/h4-8,13-15H,2-3,9-11H2,1H3,(H,18,20)/t13-,14+,15-/m0/s1. The van der Waals surface area contributed by atoms with E-state index in [1.165, 1.54) is 0 Å². The predicted octanol–water partition coefficient (Wildman–Crippen LogP) is 1.06. The minimum Gasteiger partial charge on any atom is -0.354 e. The zero-order valence-corrected chi connectivity index (χ0v) is 13.2. The number of ether oxygens (including phenoxy) is 2. The van der Waals surface area contributed by atoms with Crippen LogP contribution in [0.15, 0.2) is 30.3 Å². The van der Waals surface area contributed by atoms with Gasteiger partial charge in [0, 0.05) is 13.1 Å². The molecular formula is C17H22N2O4. The van der Waals surface area contributed by atoms with Crippen molar-refractivity contribution in [2.45, 2.75) is 44.8 Å². The van der Waals surface area contributed by atoms with E-state index in [2.05, 4.69) is 12.2 Å². The zero-order valence-electron chi connectivity index (χ0n) is 13.2. The average Bonchev–Trinajstić information content (AvgIpc) is 2.93. The van der Waals surface area contributed by atoms with Gasteiger partial charge in [0.05, 0.1) is 6.54 Å². The molecule has 6 heteroatoms. The van der Waals surface area contributed by atoms with Crippen molar-refractivity contribution in [2.75, 3.05) is 13.1 Å². The smallest absolute Gasteiger partial charge is 0.255 e. The summed E-state index contributed by atoms with van der Waals surface area (Å²) in [7, 11) is 0. The third kappa shape index (κ3) is 3.54. The van der Waals surface area contributed by atoms with Gasteiger partial charge in [0.1, 0.15) is 0 Å². The summed E-state index contributed by atoms with van der Waals surface area (Å²) in [6.45, 7) is 3.50. The molecule has 0 unspecified atom stereocenters. The minimum atomic E-state index is -0.842. The SMILES string of the molecule is CCCCNC(=O)[C@@H]1O[C@@H]2CN(Cc3ccccc3)C(=O)[C@H]1O2. The summed E-state index contributed by atoms with van der Waals surface area (Å²) in [5.74, 6) is -0.445. The van der Waals surface area contributed by atoms with E-state index in [4.69, 9.17) is 9.47 Å². The van der Waals surface area contributed by atoms with Crippen molar-refractivity contribution in [1.29, 1.82) is 0 Å². The Labute approximate surface area is 135 Å². The fourth-order valence-corrected chi connectivity index (χ4v) is 2.86. The maximum atomic E-state index is 12.6. The van der Waals surface area contributed by atoms with E-state index in [0.717, 1.165) is 18.4 Å². The summed E-state index contributed by atoms with van der Waals surface area (Å²) in [5.41, 5.74) is 1.05. The number of benzene rings is 1. The van der Waals surface area contributed by atoms with Crippen LogP contribution in [0.3, 0.4) is 0 Å². The highest BCUT2D eigenvalue weighted by Gasteiger charge is 2.50. The predicted molar refractivity (Wildman–Crippen MR) is 83.3 cm³/mol. The number of fused-ring (bicyclic) bond motifs is 2. The number of hydrogen-bond acceptors (Lipinski definition) is 4. The first-order valence-electron chi connectivity index (χ1n) is 8.10. The van der Waals surface area contributed by atoms with Crippen molar-refractivity contribution < 1.29 is 19.1 Å². The Bertz CT molecular complexity index is 563. The third-order valence-electron chi connectivity index (χ3n) is 4.10. The third-order valence-corrected chi connectivity index (χ3v) is 4.10. The van der Waals surface area contributed by atoms with Crippen molar-refractivity contribution in [3.63, 3.8) is 0 Å². The van der Waals surface area contributed by atoms with Gasteiger partial charge in [-0.15, -0.1) is 0 Å². The first kappa shape index (κ1) is 16.0. The van der Waals surface area contributed by atoms with E-state index in [-0.39, 0.29) is 11.8 Å². The van der Waals surface area contributed by atoms with E-state index < -0.39 is 18.5 Å². The summed E-state index contributed by atoms with van der Waals surface area (Å²) in [6, 6.07) is 9.76. The maximum Gasteiger partial charge on any atom is 0.255 e. The lowest BCUT2D eigenvalue weighted by Crippen LogP contribution is -2.51. The van der Waals surface area contributed by atoms with Gasteiger partial charge in [-0.3, -0.25) is 9.59 Å². The van der Waals surface area contributed by atoms with Crippen LogP contribution in [0.1, 0.15) is 25.3 Å². The first-order chi connectivity index (χ1) is 11.2. The monoisotopic (exact) mass is 318 g/mol. The summed E-state index contributed by atoms with van der Waals surface area (Å²) < 4.78 is 11.2. The number of nitrogens with one attached hydrogen (secondary N) is 1. The number of carbonyl (C=O) groups is 2. The average molecular weight is 318 g/mol. The molecular weight excluding hydrogens is 296 g/mol. The van der Waals surface area contributed by atoms with Gasteiger partial charge in [-0.2, -0.15) is 0 Å². The molecule has 6 nitrogen and oxygen atoms in total. The number of rotatable bonds is 6. The highest BCUT2D eigenvalue weighted by molar-refractivity contribution is 5.92. The van der Waals surface area contributed by atoms with Gasteiger partial charge in [-0.05, 0) is 12.0 Å². The minimum absolute atomic E-state index is 0.182. The van der Waals surface area contributed by atoms with Crippen LogP contribution >= 0.6 is 0 Å². The van der Waals surface area contributed by atoms with E-state index in [9.17, 15) is 9.59 Å². The number of carbonyl (C=O) groups excluding carboxylic acids is 2. The second kappa shape index (κ2) is 7.10. The Morgan fingerprint density at radius 2 is 2.09 bits per heavy atom. The van der Waals surface area contributed by atoms with Gasteiger partial charge >= 0.3 is 0 Å². The van der Waals surface area contributed by atoms with Crippen LogP contribution in [0.4, 0.5) is 0 Å². The quantitative estimate of drug-likeness (QED) is 0.796. The number of morpholine rings is 1. The molecule has 23 heavy (non-hydrogen) atoms. The Balaban J connectivity index is 1.63. The van der Waals surface area contributed by atoms with Crippen LogP contribution in [0.5, 0.6) is 0 Å². The van der Waals surface area contributed by atoms with Crippen molar-refractivity contribution in [2.24, 2.45) is 0 Å². The van der Waals surface area contributed by atoms with Gasteiger partial charge in [-0.1, -0.05) is 43.7 Å². The molecule has 0 radical (unpaired) electrons. The van der Waals surface area contributed by atoms with Crippen molar-refractivity contribution in [3.8, 4) is 0 Å². The Morgan fingerprint density at radius 1 is 1.30 bits per heavy atom. The lowest BCUT2D eigenvalue weighted by Gasteiger charge is -2.30. The molecule has 1 aromatic rings. The van der Waals surface area contributed by atoms with Crippen molar-refractivity contribution in [1.82, 2.24) is 10.2 Å². The molecule has 2 saturated heterocycles. The molecule has 2 aliphatic rings. The largest absolute Gasteiger partial charge is 0.354 e. The van der Waals surface area contributed by atoms with E-state index >= 15 is 0 Å². The second-order valence-corrected chi connectivity index (χ2v) is 5.89. The normalized spacial score (nSPS) is 26.4. The van der Waals surface area contributed by atoms with E-state index in [1.54, 1.807) is 4.90 Å². The summed E-state index contributed by atoms with van der Waals surface area (Å²) in [4.78, 5) is 26.5. The summed E-state index contributed by atoms with van der Waals surface area (Å²) >= 11 is 0. The van der Waals surface area contributed by atoms with E-state index in [1.807, 2.05) is 30.3 Å². The molecule has 2 aliphatic heterocycles. The lowest BCUT2D eigenvalue weighted by molar-refractivity contribution is -0.162. The molecule has 1 N–H and O–H groups in total. The summed E-state index contributed by atoms with van der Waals surface area (Å²) in [5, 5.41) is 2.81. The Hall–Kier alpha value is -1.92. The summed E-state index contributed by atoms with van der Waals surface area (Å²) in [6.07, 6.45) is -0.299. The lowest BCUT2D eigenvalue weighted by atomic mass is 10.1. The van der Waals surface area contributed by atoms with Gasteiger partial charge < -0.3 is 19.7 Å². The highest BCUT2D eigenvalue weighted by atomic mass is 16.7. The fraction of sp³-hybridized carbons (Fsp3) is 0.529. The molecule has 3 atom stereocenters. The topological polar surface area (TPSA) is 67.9 Å². The zero-order chi connectivity index (χ0) is 16.2. The van der Waals surface area contributed by atoms with Crippen LogP contribution in [0.25, 0.3) is 0 Å². The van der Waals surface area contributed by atoms with E-state index in [0.29, 0.717) is 19.6 Å². The first-order valence-corrected chi connectivity index (χ1v) is 8.10. The fourth-order valence-electron chi connectivity index (χ4n) is 2.86. The number of hydrogen-bond donors (Lipinski definition) is 1. The second-order valence-electron chi connectivity index (χ2n) is 5.89. The molecule has 124 valence electrons. The van der Waals surface area contributed by atoms with Gasteiger partial charge in [0.2, 0.25) is 0 Å². The molecule has 2 heterocycles. The molecule has 2 bridgehead atoms. The van der Waals surface area contributed by atoms with Crippen molar-refractivity contribution in [3.05, 3.63) is 35.9 Å². The number of amides is 2. The molecule has 3 rings (SSSR count). The van der Waals surface area contributed by atoms with Crippen LogP contribution in [-0.2, 0) is 25.6 Å². The van der Waals surface area contributed by atoms with Gasteiger partial charge in [0.15, 0.2) is 18.5 Å². The van der Waals surface area contributed by atoms with Crippen LogP contribution in [0, 0.1) is 0 Å². The molecule has 0 aromatic heterocycles. The Morgan fingerprint density at radius 3 is 2.83 bits per heavy atom. The number of unbranched alkanes of at least 4 members (excludes halogenated alkanes) is 1.